The third-order valence-electron chi connectivity index (χ3n) is 3.04. The molecule has 0 aliphatic rings. The molecule has 0 amide bonds. The third kappa shape index (κ3) is 4.08. The van der Waals surface area contributed by atoms with Crippen LogP contribution in [-0.2, 0) is 5.88 Å². The van der Waals surface area contributed by atoms with Gasteiger partial charge in [0, 0.05) is 29.7 Å². The van der Waals surface area contributed by atoms with Gasteiger partial charge in [-0.3, -0.25) is 0 Å². The Morgan fingerprint density at radius 1 is 1.24 bits per heavy atom. The van der Waals surface area contributed by atoms with Crippen molar-refractivity contribution in [2.45, 2.75) is 39.1 Å². The van der Waals surface area contributed by atoms with Crippen LogP contribution in [0.2, 0.25) is 5.02 Å². The van der Waals surface area contributed by atoms with Crippen molar-refractivity contribution in [3.63, 3.8) is 0 Å². The Morgan fingerprint density at radius 2 is 1.88 bits per heavy atom. The van der Waals surface area contributed by atoms with Gasteiger partial charge >= 0.3 is 0 Å². The van der Waals surface area contributed by atoms with Gasteiger partial charge in [0.1, 0.15) is 0 Å². The minimum absolute atomic E-state index is 0.495. The second-order valence-electron chi connectivity index (χ2n) is 5.00. The van der Waals surface area contributed by atoms with Crippen molar-refractivity contribution in [1.29, 1.82) is 0 Å². The van der Waals surface area contributed by atoms with E-state index in [0.29, 0.717) is 17.8 Å². The molecule has 0 radical (unpaired) electrons. The summed E-state index contributed by atoms with van der Waals surface area (Å²) in [5.41, 5.74) is 2.27. The van der Waals surface area contributed by atoms with Crippen molar-refractivity contribution >= 4 is 28.9 Å². The summed E-state index contributed by atoms with van der Waals surface area (Å²) in [5.74, 6) is 1.19. The molecule has 0 saturated carbocycles. The summed E-state index contributed by atoms with van der Waals surface area (Å²) in [6.07, 6.45) is 1.17. The number of hydrogen-bond acceptors (Lipinski definition) is 1. The Bertz CT molecular complexity index is 363. The molecule has 1 nitrogen and oxygen atoms in total. The van der Waals surface area contributed by atoms with E-state index in [4.69, 9.17) is 23.2 Å². The highest BCUT2D eigenvalue weighted by Crippen LogP contribution is 2.27. The second kappa shape index (κ2) is 6.51. The summed E-state index contributed by atoms with van der Waals surface area (Å²) >= 11 is 12.0. The van der Waals surface area contributed by atoms with E-state index in [9.17, 15) is 0 Å². The van der Waals surface area contributed by atoms with E-state index in [2.05, 4.69) is 38.8 Å². The molecule has 0 heterocycles. The van der Waals surface area contributed by atoms with E-state index in [-0.39, 0.29) is 0 Å². The molecule has 17 heavy (non-hydrogen) atoms. The van der Waals surface area contributed by atoms with Gasteiger partial charge in [-0.1, -0.05) is 25.4 Å². The monoisotopic (exact) mass is 273 g/mol. The summed E-state index contributed by atoms with van der Waals surface area (Å²) in [5, 5.41) is 0.745. The van der Waals surface area contributed by atoms with Gasteiger partial charge in [0.2, 0.25) is 0 Å². The molecule has 1 rings (SSSR count). The molecule has 0 saturated heterocycles. The number of benzene rings is 1. The molecule has 0 fully saturated rings. The molecule has 0 spiro atoms. The highest BCUT2D eigenvalue weighted by molar-refractivity contribution is 6.30. The first-order valence-electron chi connectivity index (χ1n) is 6.03. The molecular weight excluding hydrogens is 253 g/mol. The lowest BCUT2D eigenvalue weighted by atomic mass is 10.0. The predicted molar refractivity (Wildman–Crippen MR) is 78.3 cm³/mol. The molecule has 1 unspecified atom stereocenters. The number of rotatable bonds is 5. The van der Waals surface area contributed by atoms with Gasteiger partial charge in [0.25, 0.3) is 0 Å². The van der Waals surface area contributed by atoms with Gasteiger partial charge in [-0.2, -0.15) is 0 Å². The molecule has 1 atom stereocenters. The zero-order valence-corrected chi connectivity index (χ0v) is 12.5. The average molecular weight is 274 g/mol. The van der Waals surface area contributed by atoms with Gasteiger partial charge < -0.3 is 4.90 Å². The molecule has 1 aromatic rings. The van der Waals surface area contributed by atoms with Gasteiger partial charge in [-0.05, 0) is 43.0 Å². The van der Waals surface area contributed by atoms with Gasteiger partial charge in [0.15, 0.2) is 0 Å². The molecule has 3 heteroatoms. The molecular formula is C14H21Cl2N. The van der Waals surface area contributed by atoms with Crippen LogP contribution in [0.15, 0.2) is 18.2 Å². The lowest BCUT2D eigenvalue weighted by molar-refractivity contribution is 0.503. The third-order valence-corrected chi connectivity index (χ3v) is 3.56. The molecule has 0 N–H and O–H groups in total. The van der Waals surface area contributed by atoms with Crippen molar-refractivity contribution in [2.24, 2.45) is 5.92 Å². The first-order chi connectivity index (χ1) is 7.95. The van der Waals surface area contributed by atoms with Crippen molar-refractivity contribution in [1.82, 2.24) is 0 Å². The van der Waals surface area contributed by atoms with Crippen LogP contribution in [0.1, 0.15) is 32.8 Å². The van der Waals surface area contributed by atoms with Crippen molar-refractivity contribution in [3.05, 3.63) is 28.8 Å². The number of anilines is 1. The normalized spacial score (nSPS) is 12.9. The molecule has 1 aromatic carbocycles. The molecule has 0 bridgehead atoms. The van der Waals surface area contributed by atoms with E-state index < -0.39 is 0 Å². The van der Waals surface area contributed by atoms with Gasteiger partial charge in [-0.25, -0.2) is 0 Å². The molecule has 0 aromatic heterocycles. The molecule has 0 aliphatic carbocycles. The fourth-order valence-electron chi connectivity index (χ4n) is 2.08. The van der Waals surface area contributed by atoms with E-state index in [0.717, 1.165) is 10.6 Å². The minimum Gasteiger partial charge on any atom is -0.372 e. The van der Waals surface area contributed by atoms with Crippen LogP contribution in [0.3, 0.4) is 0 Å². The number of alkyl halides is 1. The maximum atomic E-state index is 5.99. The molecule has 96 valence electrons. The van der Waals surface area contributed by atoms with Crippen LogP contribution in [-0.4, -0.2) is 13.1 Å². The first kappa shape index (κ1) is 14.7. The van der Waals surface area contributed by atoms with Crippen molar-refractivity contribution in [3.8, 4) is 0 Å². The van der Waals surface area contributed by atoms with Crippen molar-refractivity contribution < 1.29 is 0 Å². The Balaban J connectivity index is 2.91. The highest BCUT2D eigenvalue weighted by Gasteiger charge is 2.14. The lowest BCUT2D eigenvalue weighted by Gasteiger charge is -2.30. The van der Waals surface area contributed by atoms with Crippen molar-refractivity contribution in [2.75, 3.05) is 11.9 Å². The Labute approximate surface area is 115 Å². The van der Waals surface area contributed by atoms with Crippen LogP contribution in [0.5, 0.6) is 0 Å². The maximum absolute atomic E-state index is 5.99. The smallest absolute Gasteiger partial charge is 0.0495 e. The summed E-state index contributed by atoms with van der Waals surface area (Å²) in [6.45, 7) is 6.73. The SMILES string of the molecule is CC(C)CC(C)N(C)c1ccc(Cl)cc1CCl. The first-order valence-corrected chi connectivity index (χ1v) is 6.94. The fourth-order valence-corrected chi connectivity index (χ4v) is 2.49. The van der Waals surface area contributed by atoms with E-state index in [1.54, 1.807) is 0 Å². The maximum Gasteiger partial charge on any atom is 0.0495 e. The predicted octanol–water partition coefficient (Wildman–Crippen LogP) is 4.95. The van der Waals surface area contributed by atoms with Crippen LogP contribution in [0.4, 0.5) is 5.69 Å². The van der Waals surface area contributed by atoms with Crippen LogP contribution >= 0.6 is 23.2 Å². The van der Waals surface area contributed by atoms with Crippen LogP contribution in [0, 0.1) is 5.92 Å². The summed E-state index contributed by atoms with van der Waals surface area (Å²) in [4.78, 5) is 2.29. The average Bonchev–Trinajstić information content (AvgIpc) is 2.27. The van der Waals surface area contributed by atoms with E-state index >= 15 is 0 Å². The fraction of sp³-hybridized carbons (Fsp3) is 0.571. The second-order valence-corrected chi connectivity index (χ2v) is 5.70. The van der Waals surface area contributed by atoms with Gasteiger partial charge in [-0.15, -0.1) is 11.6 Å². The zero-order chi connectivity index (χ0) is 13.0. The van der Waals surface area contributed by atoms with Gasteiger partial charge in [0.05, 0.1) is 0 Å². The van der Waals surface area contributed by atoms with Crippen LogP contribution < -0.4 is 4.90 Å². The van der Waals surface area contributed by atoms with E-state index in [1.807, 2.05) is 12.1 Å². The standard InChI is InChI=1S/C14H21Cl2N/c1-10(2)7-11(3)17(4)14-6-5-13(16)8-12(14)9-15/h5-6,8,10-11H,7,9H2,1-4H3. The number of halogens is 2. The Kier molecular flexibility index (Phi) is 5.61. The largest absolute Gasteiger partial charge is 0.372 e. The topological polar surface area (TPSA) is 3.24 Å². The number of hydrogen-bond donors (Lipinski definition) is 0. The Hall–Kier alpha value is -0.400. The zero-order valence-electron chi connectivity index (χ0n) is 11.0. The molecule has 0 aliphatic heterocycles. The Morgan fingerprint density at radius 3 is 2.41 bits per heavy atom. The van der Waals surface area contributed by atoms with E-state index in [1.165, 1.54) is 12.1 Å². The lowest BCUT2D eigenvalue weighted by Crippen LogP contribution is -2.30. The summed E-state index contributed by atoms with van der Waals surface area (Å²) in [6, 6.07) is 6.42. The summed E-state index contributed by atoms with van der Waals surface area (Å²) in [7, 11) is 2.12. The minimum atomic E-state index is 0.495. The van der Waals surface area contributed by atoms with Crippen LogP contribution in [0.25, 0.3) is 0 Å². The quantitative estimate of drug-likeness (QED) is 0.687. The number of nitrogens with zero attached hydrogens (tertiary/aromatic N) is 1. The highest BCUT2D eigenvalue weighted by atomic mass is 35.5. The summed E-state index contributed by atoms with van der Waals surface area (Å²) < 4.78 is 0.